The minimum absolute atomic E-state index is 0.165. The molecule has 2 amide bonds. The first-order valence-corrected chi connectivity index (χ1v) is 11.0. The van der Waals surface area contributed by atoms with E-state index >= 15 is 0 Å². The Balaban J connectivity index is 1.90. The van der Waals surface area contributed by atoms with Crippen LogP contribution in [0.25, 0.3) is 16.9 Å². The van der Waals surface area contributed by atoms with Gasteiger partial charge in [0, 0.05) is 0 Å². The third-order valence-electron chi connectivity index (χ3n) is 4.43. The molecule has 9 heteroatoms. The molecule has 2 aromatic carbocycles. The van der Waals surface area contributed by atoms with Crippen LogP contribution in [0.5, 0.6) is 0 Å². The molecule has 0 aliphatic heterocycles. The van der Waals surface area contributed by atoms with E-state index in [-0.39, 0.29) is 20.9 Å². The molecule has 0 spiro atoms. The second kappa shape index (κ2) is 8.28. The number of primary amides is 1. The van der Waals surface area contributed by atoms with Gasteiger partial charge in [0.05, 0.1) is 0 Å². The van der Waals surface area contributed by atoms with Crippen LogP contribution in [-0.2, 0) is 0 Å². The van der Waals surface area contributed by atoms with Crippen molar-refractivity contribution in [1.82, 2.24) is 19.9 Å². The normalized spacial score (nSPS) is 10.9. The Bertz CT molecular complexity index is 1270. The summed E-state index contributed by atoms with van der Waals surface area (Å²) in [5.41, 5.74) is 7.37. The van der Waals surface area contributed by atoms with Crippen LogP contribution in [0.15, 0.2) is 60.9 Å². The van der Waals surface area contributed by atoms with Gasteiger partial charge in [0.15, 0.2) is 0 Å². The average Bonchev–Trinajstić information content (AvgIpc) is 3.11. The number of fused-ring (bicyclic) bond motifs is 1. The van der Waals surface area contributed by atoms with Gasteiger partial charge in [-0.15, -0.1) is 0 Å². The number of carbonyl (C=O) groups is 2. The van der Waals surface area contributed by atoms with Gasteiger partial charge in [-0.05, 0) is 0 Å². The molecule has 3 N–H and O–H groups in total. The van der Waals surface area contributed by atoms with E-state index < -0.39 is 5.91 Å². The summed E-state index contributed by atoms with van der Waals surface area (Å²) in [4.78, 5) is 32.8. The first-order valence-electron chi connectivity index (χ1n) is 8.90. The number of nitrogens with one attached hydrogen (secondary N) is 1. The fourth-order valence-electron chi connectivity index (χ4n) is 3.06. The molecule has 4 aromatic rings. The van der Waals surface area contributed by atoms with Crippen molar-refractivity contribution in [2.24, 2.45) is 5.73 Å². The van der Waals surface area contributed by atoms with Gasteiger partial charge in [-0.2, -0.15) is 0 Å². The van der Waals surface area contributed by atoms with Crippen LogP contribution >= 0.6 is 11.6 Å². The SMILES string of the molecule is CNC(=O)c1ccc2c(c1)cc([Se]c1ccc(Cl)cc1C(N)=O)n2-c1ncccn1. The number of halogens is 1. The van der Waals surface area contributed by atoms with E-state index in [0.29, 0.717) is 22.1 Å². The van der Waals surface area contributed by atoms with Gasteiger partial charge in [-0.3, -0.25) is 0 Å². The summed E-state index contributed by atoms with van der Waals surface area (Å²) < 4.78 is 3.64. The van der Waals surface area contributed by atoms with Crippen molar-refractivity contribution in [1.29, 1.82) is 0 Å². The van der Waals surface area contributed by atoms with E-state index in [2.05, 4.69) is 15.3 Å². The second-order valence-corrected chi connectivity index (χ2v) is 8.99. The predicted octanol–water partition coefficient (Wildman–Crippen LogP) is 1.19. The standard InChI is InChI=1S/C21H16ClN5O2Se/c1-24-20(29)12-3-5-16-13(9-12)10-18(27(16)21-25-7-2-8-26-21)30-17-6-4-14(22)11-15(17)19(23)28/h2-11H,1H3,(H2,23,28)(H,24,29). The number of hydrogen-bond donors (Lipinski definition) is 2. The van der Waals surface area contributed by atoms with E-state index in [0.717, 1.165) is 20.0 Å². The van der Waals surface area contributed by atoms with Crippen molar-refractivity contribution in [2.75, 3.05) is 7.05 Å². The summed E-state index contributed by atoms with van der Waals surface area (Å²) in [6, 6.07) is 14.3. The van der Waals surface area contributed by atoms with Gasteiger partial charge in [-0.25, -0.2) is 0 Å². The average molecular weight is 485 g/mol. The Morgan fingerprint density at radius 2 is 1.87 bits per heavy atom. The van der Waals surface area contributed by atoms with Crippen molar-refractivity contribution in [3.8, 4) is 5.95 Å². The van der Waals surface area contributed by atoms with Crippen LogP contribution in [0.2, 0.25) is 5.02 Å². The van der Waals surface area contributed by atoms with Gasteiger partial charge in [0.25, 0.3) is 0 Å². The Kier molecular flexibility index (Phi) is 5.54. The van der Waals surface area contributed by atoms with E-state index in [4.69, 9.17) is 17.3 Å². The quantitative estimate of drug-likeness (QED) is 0.415. The number of aromatic nitrogens is 3. The number of carbonyl (C=O) groups excluding carboxylic acids is 2. The third-order valence-corrected chi connectivity index (χ3v) is 6.94. The molecule has 0 atom stereocenters. The second-order valence-electron chi connectivity index (χ2n) is 6.33. The van der Waals surface area contributed by atoms with Gasteiger partial charge < -0.3 is 0 Å². The Hall–Kier alpha value is -3.19. The van der Waals surface area contributed by atoms with Crippen LogP contribution < -0.4 is 20.1 Å². The zero-order chi connectivity index (χ0) is 21.3. The molecular formula is C21H16ClN5O2Se. The molecule has 150 valence electrons. The van der Waals surface area contributed by atoms with Crippen LogP contribution in [-0.4, -0.2) is 48.4 Å². The maximum atomic E-state index is 12.1. The summed E-state index contributed by atoms with van der Waals surface area (Å²) in [6.45, 7) is 0. The first-order chi connectivity index (χ1) is 14.5. The van der Waals surface area contributed by atoms with Crippen LogP contribution in [0.4, 0.5) is 0 Å². The number of rotatable bonds is 5. The Morgan fingerprint density at radius 3 is 2.57 bits per heavy atom. The minimum atomic E-state index is -0.532. The molecule has 2 aromatic heterocycles. The van der Waals surface area contributed by atoms with Crippen molar-refractivity contribution in [3.63, 3.8) is 0 Å². The van der Waals surface area contributed by atoms with Gasteiger partial charge in [-0.1, -0.05) is 0 Å². The number of amides is 2. The molecule has 0 unspecified atom stereocenters. The number of nitrogens with two attached hydrogens (primary N) is 1. The third kappa shape index (κ3) is 3.80. The maximum absolute atomic E-state index is 12.1. The van der Waals surface area contributed by atoms with Crippen molar-refractivity contribution in [3.05, 3.63) is 77.1 Å². The molecule has 0 aliphatic rings. The van der Waals surface area contributed by atoms with E-state index in [1.165, 1.54) is 0 Å². The zero-order valence-electron chi connectivity index (χ0n) is 15.8. The summed E-state index contributed by atoms with van der Waals surface area (Å²) in [5.74, 6) is -0.192. The van der Waals surface area contributed by atoms with Gasteiger partial charge in [0.1, 0.15) is 0 Å². The van der Waals surface area contributed by atoms with Crippen LogP contribution in [0.1, 0.15) is 20.7 Å². The number of hydrogen-bond acceptors (Lipinski definition) is 4. The van der Waals surface area contributed by atoms with E-state index in [9.17, 15) is 9.59 Å². The Labute approximate surface area is 183 Å². The van der Waals surface area contributed by atoms with E-state index in [1.807, 2.05) is 28.8 Å². The summed E-state index contributed by atoms with van der Waals surface area (Å²) in [7, 11) is 1.59. The molecule has 2 heterocycles. The zero-order valence-corrected chi connectivity index (χ0v) is 18.3. The van der Waals surface area contributed by atoms with Crippen molar-refractivity contribution < 1.29 is 9.59 Å². The summed E-state index contributed by atoms with van der Waals surface area (Å²) >= 11 is 5.75. The summed E-state index contributed by atoms with van der Waals surface area (Å²) in [5, 5.41) is 3.95. The fraction of sp³-hybridized carbons (Fsp3) is 0.0476. The van der Waals surface area contributed by atoms with Gasteiger partial charge >= 0.3 is 184 Å². The summed E-state index contributed by atoms with van der Waals surface area (Å²) in [6.07, 6.45) is 3.34. The monoisotopic (exact) mass is 485 g/mol. The van der Waals surface area contributed by atoms with Crippen LogP contribution in [0.3, 0.4) is 0 Å². The molecule has 30 heavy (non-hydrogen) atoms. The molecule has 0 saturated carbocycles. The molecule has 7 nitrogen and oxygen atoms in total. The number of nitrogens with zero attached hydrogens (tertiary/aromatic N) is 3. The molecule has 4 rings (SSSR count). The fourth-order valence-corrected chi connectivity index (χ4v) is 5.52. The van der Waals surface area contributed by atoms with Crippen molar-refractivity contribution in [2.45, 2.75) is 0 Å². The topological polar surface area (TPSA) is 103 Å². The van der Waals surface area contributed by atoms with Crippen LogP contribution in [0, 0.1) is 0 Å². The van der Waals surface area contributed by atoms with E-state index in [1.54, 1.807) is 43.7 Å². The van der Waals surface area contributed by atoms with Crippen molar-refractivity contribution >= 4 is 58.3 Å². The Morgan fingerprint density at radius 1 is 1.10 bits per heavy atom. The molecule has 0 aliphatic carbocycles. The molecule has 0 radical (unpaired) electrons. The molecule has 0 fully saturated rings. The first kappa shape index (κ1) is 20.1. The molecule has 0 saturated heterocycles. The van der Waals surface area contributed by atoms with Gasteiger partial charge in [0.2, 0.25) is 0 Å². The molecule has 0 bridgehead atoms. The number of benzene rings is 2. The predicted molar refractivity (Wildman–Crippen MR) is 117 cm³/mol. The molecular weight excluding hydrogens is 469 g/mol.